The van der Waals surface area contributed by atoms with Crippen LogP contribution in [0.15, 0.2) is 18.2 Å². The summed E-state index contributed by atoms with van der Waals surface area (Å²) in [7, 11) is 0. The van der Waals surface area contributed by atoms with Gasteiger partial charge < -0.3 is 30.7 Å². The third-order valence-corrected chi connectivity index (χ3v) is 6.64. The number of amides is 4. The van der Waals surface area contributed by atoms with Gasteiger partial charge in [0.15, 0.2) is 0 Å². The molecule has 0 spiro atoms. The highest BCUT2D eigenvalue weighted by Crippen LogP contribution is 2.28. The lowest BCUT2D eigenvalue weighted by molar-refractivity contribution is -0.144. The molecule has 2 unspecified atom stereocenters. The summed E-state index contributed by atoms with van der Waals surface area (Å²) < 4.78 is 10.4. The summed E-state index contributed by atoms with van der Waals surface area (Å²) in [5.41, 5.74) is 6.97. The topological polar surface area (TPSA) is 157 Å². The Morgan fingerprint density at radius 3 is 2.29 bits per heavy atom. The van der Waals surface area contributed by atoms with Crippen molar-refractivity contribution in [3.8, 4) is 0 Å². The Hall–Kier alpha value is -3.63. The van der Waals surface area contributed by atoms with Crippen molar-refractivity contribution in [2.24, 2.45) is 5.73 Å². The molecular formula is C31H50N4O7. The van der Waals surface area contributed by atoms with Gasteiger partial charge in [-0.25, -0.2) is 4.79 Å². The number of rotatable bonds is 17. The van der Waals surface area contributed by atoms with Gasteiger partial charge in [-0.3, -0.25) is 19.2 Å². The summed E-state index contributed by atoms with van der Waals surface area (Å²) in [5, 5.41) is 5.40. The zero-order valence-electron chi connectivity index (χ0n) is 26.3. The fourth-order valence-electron chi connectivity index (χ4n) is 4.41. The first kappa shape index (κ1) is 36.4. The van der Waals surface area contributed by atoms with E-state index in [1.807, 2.05) is 26.0 Å². The quantitative estimate of drug-likeness (QED) is 0.183. The molecule has 4 N–H and O–H groups in total. The van der Waals surface area contributed by atoms with Gasteiger partial charge in [0.05, 0.1) is 13.0 Å². The molecular weight excluding hydrogens is 540 g/mol. The Labute approximate surface area is 250 Å². The number of esters is 1. The second-order valence-electron chi connectivity index (χ2n) is 11.3. The lowest BCUT2D eigenvalue weighted by Gasteiger charge is -2.35. The second kappa shape index (κ2) is 18.0. The molecule has 4 amide bonds. The Morgan fingerprint density at radius 2 is 1.69 bits per heavy atom. The van der Waals surface area contributed by atoms with E-state index in [2.05, 4.69) is 17.6 Å². The lowest BCUT2D eigenvalue weighted by Crippen LogP contribution is -2.53. The number of nitrogens with zero attached hydrogens (tertiary/aromatic N) is 1. The first-order valence-corrected chi connectivity index (χ1v) is 14.8. The largest absolute Gasteiger partial charge is 0.466 e. The molecule has 2 atom stereocenters. The van der Waals surface area contributed by atoms with E-state index in [4.69, 9.17) is 15.2 Å². The van der Waals surface area contributed by atoms with Gasteiger partial charge in [0, 0.05) is 19.5 Å². The van der Waals surface area contributed by atoms with Gasteiger partial charge in [0.2, 0.25) is 17.7 Å². The van der Waals surface area contributed by atoms with Crippen LogP contribution in [-0.2, 0) is 28.7 Å². The van der Waals surface area contributed by atoms with Crippen LogP contribution in [0.4, 0.5) is 4.79 Å². The number of unbranched alkanes of at least 4 members (excludes halogenated alkanes) is 3. The van der Waals surface area contributed by atoms with E-state index < -0.39 is 47.5 Å². The van der Waals surface area contributed by atoms with Crippen molar-refractivity contribution < 1.29 is 33.4 Å². The van der Waals surface area contributed by atoms with Gasteiger partial charge in [-0.15, -0.1) is 0 Å². The van der Waals surface area contributed by atoms with E-state index in [0.29, 0.717) is 12.0 Å². The maximum atomic E-state index is 14.3. The molecule has 1 aromatic carbocycles. The van der Waals surface area contributed by atoms with Crippen LogP contribution in [0.1, 0.15) is 102 Å². The zero-order chi connectivity index (χ0) is 31.9. The number of carbonyl (C=O) groups is 5. The van der Waals surface area contributed by atoms with Gasteiger partial charge in [0.25, 0.3) is 0 Å². The molecule has 0 heterocycles. The molecule has 0 bridgehead atoms. The Kier molecular flexibility index (Phi) is 15.6. The normalized spacial score (nSPS) is 12.5. The average Bonchev–Trinajstić information content (AvgIpc) is 2.89. The van der Waals surface area contributed by atoms with E-state index in [0.717, 1.165) is 30.4 Å². The molecule has 0 aliphatic carbocycles. The molecule has 236 valence electrons. The summed E-state index contributed by atoms with van der Waals surface area (Å²) in [6.45, 7) is 13.2. The van der Waals surface area contributed by atoms with Gasteiger partial charge in [0.1, 0.15) is 17.7 Å². The number of hydrogen-bond acceptors (Lipinski definition) is 7. The van der Waals surface area contributed by atoms with Crippen molar-refractivity contribution in [2.45, 2.75) is 111 Å². The lowest BCUT2D eigenvalue weighted by atomic mass is 9.94. The monoisotopic (exact) mass is 590 g/mol. The van der Waals surface area contributed by atoms with Crippen LogP contribution in [0.2, 0.25) is 0 Å². The third kappa shape index (κ3) is 12.9. The van der Waals surface area contributed by atoms with Crippen LogP contribution >= 0.6 is 0 Å². The molecule has 42 heavy (non-hydrogen) atoms. The highest BCUT2D eigenvalue weighted by Gasteiger charge is 2.37. The Bertz CT molecular complexity index is 1070. The van der Waals surface area contributed by atoms with Crippen molar-refractivity contribution >= 4 is 29.8 Å². The van der Waals surface area contributed by atoms with Gasteiger partial charge in [-0.05, 0) is 71.1 Å². The molecule has 1 rings (SSSR count). The summed E-state index contributed by atoms with van der Waals surface area (Å²) in [6, 6.07) is 3.31. The Balaban J connectivity index is 3.55. The number of aryl methyl sites for hydroxylation is 1. The number of benzene rings is 1. The first-order valence-electron chi connectivity index (χ1n) is 14.8. The smallest absolute Gasteiger partial charge is 0.408 e. The van der Waals surface area contributed by atoms with Gasteiger partial charge in [-0.1, -0.05) is 44.4 Å². The SMILES string of the molecule is CCCCCCN(C(=O)C(CCC(N)=O)NC(=O)OC(C)(C)C)C(C(=O)NCCC(=O)OCC)c1cccc(C)c1C. The number of nitrogens with two attached hydrogens (primary N) is 1. The minimum absolute atomic E-state index is 0.0228. The number of alkyl carbamates (subject to hydrolysis) is 1. The number of nitrogens with one attached hydrogen (secondary N) is 2. The van der Waals surface area contributed by atoms with E-state index in [9.17, 15) is 24.0 Å². The fourth-order valence-corrected chi connectivity index (χ4v) is 4.41. The fraction of sp³-hybridized carbons (Fsp3) is 0.645. The number of ether oxygens (including phenoxy) is 2. The zero-order valence-corrected chi connectivity index (χ0v) is 26.3. The van der Waals surface area contributed by atoms with Crippen molar-refractivity contribution in [3.63, 3.8) is 0 Å². The van der Waals surface area contributed by atoms with E-state index in [1.54, 1.807) is 33.8 Å². The van der Waals surface area contributed by atoms with Crippen molar-refractivity contribution in [1.29, 1.82) is 0 Å². The maximum Gasteiger partial charge on any atom is 0.408 e. The van der Waals surface area contributed by atoms with Crippen LogP contribution in [0, 0.1) is 13.8 Å². The molecule has 0 aliphatic heterocycles. The van der Waals surface area contributed by atoms with Crippen LogP contribution < -0.4 is 16.4 Å². The molecule has 11 nitrogen and oxygen atoms in total. The van der Waals surface area contributed by atoms with E-state index in [1.165, 1.54) is 4.90 Å². The first-order chi connectivity index (χ1) is 19.7. The summed E-state index contributed by atoms with van der Waals surface area (Å²) >= 11 is 0. The molecule has 11 heteroatoms. The molecule has 0 saturated heterocycles. The number of hydrogen-bond donors (Lipinski definition) is 3. The number of primary amides is 1. The average molecular weight is 591 g/mol. The van der Waals surface area contributed by atoms with E-state index in [-0.39, 0.29) is 39.0 Å². The molecule has 1 aromatic rings. The minimum Gasteiger partial charge on any atom is -0.466 e. The minimum atomic E-state index is -1.17. The molecule has 0 fully saturated rings. The summed E-state index contributed by atoms with van der Waals surface area (Å²) in [4.78, 5) is 65.8. The Morgan fingerprint density at radius 1 is 1.00 bits per heavy atom. The maximum absolute atomic E-state index is 14.3. The molecule has 0 aromatic heterocycles. The van der Waals surface area contributed by atoms with Crippen LogP contribution in [0.5, 0.6) is 0 Å². The summed E-state index contributed by atoms with van der Waals surface area (Å²) in [5.74, 6) is -2.08. The standard InChI is InChI=1S/C31H50N4O7/c1-8-10-11-12-20-35(29(39)24(16-17-25(32)36)34-30(40)42-31(5,6)7)27(23-15-13-14-21(3)22(23)4)28(38)33-19-18-26(37)41-9-2/h13-15,24,27H,8-12,16-20H2,1-7H3,(H2,32,36)(H,33,38)(H,34,40). The third-order valence-electron chi connectivity index (χ3n) is 6.64. The predicted octanol–water partition coefficient (Wildman–Crippen LogP) is 3.98. The molecule has 0 saturated carbocycles. The van der Waals surface area contributed by atoms with Crippen LogP contribution in [0.25, 0.3) is 0 Å². The van der Waals surface area contributed by atoms with Crippen LogP contribution in [-0.4, -0.2) is 66.0 Å². The van der Waals surface area contributed by atoms with Crippen molar-refractivity contribution in [2.75, 3.05) is 19.7 Å². The van der Waals surface area contributed by atoms with Crippen molar-refractivity contribution in [3.05, 3.63) is 34.9 Å². The van der Waals surface area contributed by atoms with Gasteiger partial charge in [-0.2, -0.15) is 0 Å². The predicted molar refractivity (Wildman–Crippen MR) is 160 cm³/mol. The highest BCUT2D eigenvalue weighted by molar-refractivity contribution is 5.93. The van der Waals surface area contributed by atoms with Gasteiger partial charge >= 0.3 is 12.1 Å². The highest BCUT2D eigenvalue weighted by atomic mass is 16.6. The molecule has 0 radical (unpaired) electrons. The summed E-state index contributed by atoms with van der Waals surface area (Å²) in [6.07, 6.45) is 2.30. The molecule has 0 aliphatic rings. The van der Waals surface area contributed by atoms with E-state index >= 15 is 0 Å². The van der Waals surface area contributed by atoms with Crippen molar-refractivity contribution in [1.82, 2.24) is 15.5 Å². The number of carbonyl (C=O) groups excluding carboxylic acids is 5. The van der Waals surface area contributed by atoms with Crippen LogP contribution in [0.3, 0.4) is 0 Å². The second-order valence-corrected chi connectivity index (χ2v) is 11.3.